The summed E-state index contributed by atoms with van der Waals surface area (Å²) >= 11 is 0. The number of carbonyl (C=O) groups is 3. The summed E-state index contributed by atoms with van der Waals surface area (Å²) in [4.78, 5) is 40.7. The summed E-state index contributed by atoms with van der Waals surface area (Å²) in [5.41, 5.74) is 1.12. The lowest BCUT2D eigenvalue weighted by Crippen LogP contribution is -2.47. The van der Waals surface area contributed by atoms with Gasteiger partial charge in [-0.15, -0.1) is 0 Å². The van der Waals surface area contributed by atoms with E-state index >= 15 is 0 Å². The highest BCUT2D eigenvalue weighted by molar-refractivity contribution is 5.92. The van der Waals surface area contributed by atoms with Gasteiger partial charge in [-0.3, -0.25) is 4.79 Å². The Balaban J connectivity index is 1.50. The highest BCUT2D eigenvalue weighted by Gasteiger charge is 2.30. The predicted molar refractivity (Wildman–Crippen MR) is 107 cm³/mol. The predicted octanol–water partition coefficient (Wildman–Crippen LogP) is 2.03. The van der Waals surface area contributed by atoms with Crippen molar-refractivity contribution in [3.05, 3.63) is 29.3 Å². The zero-order valence-corrected chi connectivity index (χ0v) is 17.1. The van der Waals surface area contributed by atoms with Gasteiger partial charge in [-0.25, -0.2) is 9.59 Å². The molecule has 0 atom stereocenters. The molecule has 2 aliphatic rings. The van der Waals surface area contributed by atoms with Gasteiger partial charge in [0.1, 0.15) is 11.3 Å². The van der Waals surface area contributed by atoms with Gasteiger partial charge in [0, 0.05) is 38.6 Å². The Hall–Kier alpha value is -2.77. The smallest absolute Gasteiger partial charge is 0.341 e. The minimum Gasteiger partial charge on any atom is -0.496 e. The van der Waals surface area contributed by atoms with E-state index in [1.807, 2.05) is 15.9 Å². The molecule has 29 heavy (non-hydrogen) atoms. The highest BCUT2D eigenvalue weighted by atomic mass is 16.5. The van der Waals surface area contributed by atoms with Crippen LogP contribution in [0.4, 0.5) is 4.79 Å². The number of nitrogens with one attached hydrogen (secondary N) is 1. The molecule has 2 saturated heterocycles. The lowest BCUT2D eigenvalue weighted by molar-refractivity contribution is -0.126. The van der Waals surface area contributed by atoms with Gasteiger partial charge in [-0.05, 0) is 43.4 Å². The minimum atomic E-state index is -0.481. The van der Waals surface area contributed by atoms with E-state index in [9.17, 15) is 14.4 Å². The SMILES string of the molecule is COC(=O)c1cc(CNC(=O)C2CCN(C(=O)N3CCCC3)CC2)ccc1OC. The number of ether oxygens (including phenoxy) is 2. The lowest BCUT2D eigenvalue weighted by Gasteiger charge is -2.34. The summed E-state index contributed by atoms with van der Waals surface area (Å²) in [6.07, 6.45) is 3.49. The number of likely N-dealkylation sites (tertiary alicyclic amines) is 2. The normalized spacial score (nSPS) is 17.2. The number of hydrogen-bond acceptors (Lipinski definition) is 5. The molecule has 1 aromatic carbocycles. The molecule has 0 aromatic heterocycles. The van der Waals surface area contributed by atoms with Crippen molar-refractivity contribution in [1.29, 1.82) is 0 Å². The average Bonchev–Trinajstić information content (AvgIpc) is 3.31. The van der Waals surface area contributed by atoms with Crippen LogP contribution >= 0.6 is 0 Å². The monoisotopic (exact) mass is 403 g/mol. The largest absolute Gasteiger partial charge is 0.496 e. The van der Waals surface area contributed by atoms with Crippen molar-refractivity contribution in [1.82, 2.24) is 15.1 Å². The molecule has 2 heterocycles. The molecule has 0 radical (unpaired) electrons. The number of esters is 1. The van der Waals surface area contributed by atoms with Crippen molar-refractivity contribution in [2.75, 3.05) is 40.4 Å². The molecule has 0 unspecified atom stereocenters. The van der Waals surface area contributed by atoms with E-state index in [1.165, 1.54) is 14.2 Å². The zero-order chi connectivity index (χ0) is 20.8. The minimum absolute atomic E-state index is 0.0197. The van der Waals surface area contributed by atoms with Gasteiger partial charge in [-0.2, -0.15) is 0 Å². The average molecular weight is 403 g/mol. The third-order valence-corrected chi connectivity index (χ3v) is 5.65. The topological polar surface area (TPSA) is 88.2 Å². The molecular weight excluding hydrogens is 374 g/mol. The Bertz CT molecular complexity index is 753. The van der Waals surface area contributed by atoms with Gasteiger partial charge in [0.25, 0.3) is 0 Å². The van der Waals surface area contributed by atoms with Gasteiger partial charge in [0.15, 0.2) is 0 Å². The fraction of sp³-hybridized carbons (Fsp3) is 0.571. The van der Waals surface area contributed by atoms with Gasteiger partial charge < -0.3 is 24.6 Å². The molecule has 158 valence electrons. The van der Waals surface area contributed by atoms with Crippen LogP contribution in [0, 0.1) is 5.92 Å². The Morgan fingerprint density at radius 3 is 2.31 bits per heavy atom. The number of benzene rings is 1. The third-order valence-electron chi connectivity index (χ3n) is 5.65. The first kappa shape index (κ1) is 21.0. The van der Waals surface area contributed by atoms with Crippen molar-refractivity contribution in [3.63, 3.8) is 0 Å². The standard InChI is InChI=1S/C21H29N3O5/c1-28-18-6-5-15(13-17(18)20(26)29-2)14-22-19(25)16-7-11-24(12-8-16)21(27)23-9-3-4-10-23/h5-6,13,16H,3-4,7-12,14H2,1-2H3,(H,22,25). The van der Waals surface area contributed by atoms with E-state index in [0.717, 1.165) is 31.5 Å². The van der Waals surface area contributed by atoms with E-state index in [2.05, 4.69) is 5.32 Å². The number of piperidine rings is 1. The molecule has 0 spiro atoms. The molecule has 3 rings (SSSR count). The summed E-state index contributed by atoms with van der Waals surface area (Å²) in [5, 5.41) is 2.94. The summed E-state index contributed by atoms with van der Waals surface area (Å²) in [7, 11) is 2.81. The van der Waals surface area contributed by atoms with Crippen LogP contribution in [0.2, 0.25) is 0 Å². The lowest BCUT2D eigenvalue weighted by atomic mass is 9.96. The molecule has 0 saturated carbocycles. The van der Waals surface area contributed by atoms with Crippen LogP contribution in [0.15, 0.2) is 18.2 Å². The van der Waals surface area contributed by atoms with E-state index in [-0.39, 0.29) is 17.9 Å². The number of carbonyl (C=O) groups excluding carboxylic acids is 3. The Morgan fingerprint density at radius 2 is 1.69 bits per heavy atom. The number of nitrogens with zero attached hydrogens (tertiary/aromatic N) is 2. The zero-order valence-electron chi connectivity index (χ0n) is 17.1. The number of methoxy groups -OCH3 is 2. The van der Waals surface area contributed by atoms with Gasteiger partial charge in [-0.1, -0.05) is 6.07 Å². The van der Waals surface area contributed by atoms with Crippen LogP contribution in [0.25, 0.3) is 0 Å². The molecule has 1 aromatic rings. The molecular formula is C21H29N3O5. The first-order valence-corrected chi connectivity index (χ1v) is 10.1. The van der Waals surface area contributed by atoms with Crippen LogP contribution < -0.4 is 10.1 Å². The number of rotatable bonds is 5. The first-order valence-electron chi connectivity index (χ1n) is 10.1. The molecule has 0 aliphatic carbocycles. The van der Waals surface area contributed by atoms with Gasteiger partial charge in [0.05, 0.1) is 14.2 Å². The number of hydrogen-bond donors (Lipinski definition) is 1. The van der Waals surface area contributed by atoms with Crippen LogP contribution in [0.1, 0.15) is 41.6 Å². The van der Waals surface area contributed by atoms with E-state index < -0.39 is 5.97 Å². The summed E-state index contributed by atoms with van der Waals surface area (Å²) in [5.74, 6) is -0.170. The molecule has 0 bridgehead atoms. The molecule has 8 nitrogen and oxygen atoms in total. The second-order valence-corrected chi connectivity index (χ2v) is 7.48. The maximum absolute atomic E-state index is 12.6. The van der Waals surface area contributed by atoms with Crippen molar-refractivity contribution in [2.45, 2.75) is 32.2 Å². The fourth-order valence-corrected chi connectivity index (χ4v) is 3.91. The molecule has 8 heteroatoms. The van der Waals surface area contributed by atoms with E-state index in [4.69, 9.17) is 9.47 Å². The van der Waals surface area contributed by atoms with Crippen molar-refractivity contribution in [2.24, 2.45) is 5.92 Å². The van der Waals surface area contributed by atoms with Crippen LogP contribution in [0.3, 0.4) is 0 Å². The second-order valence-electron chi connectivity index (χ2n) is 7.48. The third kappa shape index (κ3) is 4.99. The Kier molecular flexibility index (Phi) is 6.95. The number of amides is 3. The summed E-state index contributed by atoms with van der Waals surface area (Å²) in [6, 6.07) is 5.27. The maximum atomic E-state index is 12.6. The highest BCUT2D eigenvalue weighted by Crippen LogP contribution is 2.22. The van der Waals surface area contributed by atoms with Crippen LogP contribution in [-0.4, -0.2) is 68.1 Å². The van der Waals surface area contributed by atoms with Gasteiger partial charge in [0.2, 0.25) is 5.91 Å². The van der Waals surface area contributed by atoms with Gasteiger partial charge >= 0.3 is 12.0 Å². The maximum Gasteiger partial charge on any atom is 0.341 e. The van der Waals surface area contributed by atoms with Crippen molar-refractivity contribution < 1.29 is 23.9 Å². The summed E-state index contributed by atoms with van der Waals surface area (Å²) < 4.78 is 9.97. The molecule has 3 amide bonds. The number of urea groups is 1. The molecule has 2 aliphatic heterocycles. The van der Waals surface area contributed by atoms with Crippen LogP contribution in [-0.2, 0) is 16.1 Å². The quantitative estimate of drug-likeness (QED) is 0.760. The molecule has 1 N–H and O–H groups in total. The van der Waals surface area contributed by atoms with E-state index in [1.54, 1.807) is 12.1 Å². The molecule has 2 fully saturated rings. The van der Waals surface area contributed by atoms with Crippen LogP contribution in [0.5, 0.6) is 5.75 Å². The van der Waals surface area contributed by atoms with E-state index in [0.29, 0.717) is 43.8 Å². The Labute approximate surface area is 171 Å². The second kappa shape index (κ2) is 9.62. The summed E-state index contributed by atoms with van der Waals surface area (Å²) in [6.45, 7) is 3.23. The van der Waals surface area contributed by atoms with Crippen molar-refractivity contribution in [3.8, 4) is 5.75 Å². The first-order chi connectivity index (χ1) is 14.0. The Morgan fingerprint density at radius 1 is 1.03 bits per heavy atom. The fourth-order valence-electron chi connectivity index (χ4n) is 3.91. The van der Waals surface area contributed by atoms with Crippen molar-refractivity contribution >= 4 is 17.9 Å².